The number of hydrogen-bond donors (Lipinski definition) is 3. The maximum Gasteiger partial charge on any atom is 0.167 e. The maximum atomic E-state index is 14.0. The van der Waals surface area contributed by atoms with Crippen molar-refractivity contribution in [1.82, 2.24) is 9.97 Å². The predicted molar refractivity (Wildman–Crippen MR) is 127 cm³/mol. The van der Waals surface area contributed by atoms with Gasteiger partial charge in [-0.05, 0) is 67.6 Å². The first-order chi connectivity index (χ1) is 15.4. The highest BCUT2D eigenvalue weighted by atomic mass is 19.1. The first-order valence-corrected chi connectivity index (χ1v) is 10.9. The number of benzene rings is 3. The van der Waals surface area contributed by atoms with Crippen molar-refractivity contribution >= 4 is 49.3 Å². The predicted octanol–water partition coefficient (Wildman–Crippen LogP) is 7.46. The lowest BCUT2D eigenvalue weighted by Crippen LogP contribution is -2.05. The third-order valence-corrected chi connectivity index (χ3v) is 5.87. The van der Waals surface area contributed by atoms with E-state index in [9.17, 15) is 8.78 Å². The van der Waals surface area contributed by atoms with Gasteiger partial charge in [-0.25, -0.2) is 8.78 Å². The molecule has 0 aliphatic heterocycles. The number of nitrogens with one attached hydrogen (secondary N) is 3. The highest BCUT2D eigenvalue weighted by Gasteiger charge is 2.18. The second kappa shape index (κ2) is 7.93. The molecule has 3 N–H and O–H groups in total. The van der Waals surface area contributed by atoms with Crippen molar-refractivity contribution in [3.63, 3.8) is 0 Å². The van der Waals surface area contributed by atoms with E-state index in [-0.39, 0.29) is 11.6 Å². The first kappa shape index (κ1) is 20.5. The molecular weight excluding hydrogens is 408 g/mol. The molecule has 164 valence electrons. The fourth-order valence-electron chi connectivity index (χ4n) is 4.50. The molecule has 0 fully saturated rings. The summed E-state index contributed by atoms with van der Waals surface area (Å²) in [5.74, 6) is 0.487. The van der Waals surface area contributed by atoms with Gasteiger partial charge in [0.1, 0.15) is 11.6 Å². The highest BCUT2D eigenvalue weighted by molar-refractivity contribution is 6.20. The van der Waals surface area contributed by atoms with Gasteiger partial charge in [-0.2, -0.15) is 0 Å². The molecule has 2 heterocycles. The normalized spacial score (nSPS) is 12.0. The molecule has 0 radical (unpaired) electrons. The number of ether oxygens (including phenoxy) is 1. The summed E-state index contributed by atoms with van der Waals surface area (Å²) < 4.78 is 34.3. The van der Waals surface area contributed by atoms with Crippen molar-refractivity contribution in [3.8, 4) is 5.75 Å². The molecule has 5 aromatic rings. The van der Waals surface area contributed by atoms with E-state index in [4.69, 9.17) is 10.1 Å². The van der Waals surface area contributed by atoms with Crippen LogP contribution in [-0.4, -0.2) is 22.3 Å². The molecule has 0 atom stereocenters. The molecule has 0 aliphatic carbocycles. The Balaban J connectivity index is 1.61. The Hall–Kier alpha value is -3.41. The topological polar surface area (TPSA) is 64.7 Å². The third-order valence-electron chi connectivity index (χ3n) is 5.87. The fraction of sp³-hybridized carbons (Fsp3) is 0.269. The van der Waals surface area contributed by atoms with Crippen LogP contribution < -0.4 is 4.74 Å². The van der Waals surface area contributed by atoms with Crippen molar-refractivity contribution in [3.05, 3.63) is 54.1 Å². The summed E-state index contributed by atoms with van der Waals surface area (Å²) >= 11 is 0. The van der Waals surface area contributed by atoms with Crippen molar-refractivity contribution in [1.29, 1.82) is 5.41 Å². The maximum absolute atomic E-state index is 14.0. The molecule has 2 aromatic heterocycles. The van der Waals surface area contributed by atoms with Gasteiger partial charge in [-0.1, -0.05) is 13.8 Å². The molecule has 6 heteroatoms. The Morgan fingerprint density at radius 2 is 1.44 bits per heavy atom. The largest absolute Gasteiger partial charge is 0.489 e. The van der Waals surface area contributed by atoms with E-state index in [1.54, 1.807) is 12.1 Å². The van der Waals surface area contributed by atoms with Crippen LogP contribution in [0.5, 0.6) is 5.75 Å². The molecule has 5 rings (SSSR count). The average molecular weight is 434 g/mol. The SMILES string of the molecule is CC(C)CC(=N)CCCOc1c2[nH]c3ccc(F)cc3c2cc2c1[nH]c1ccc(F)cc12. The van der Waals surface area contributed by atoms with E-state index in [0.29, 0.717) is 24.7 Å². The van der Waals surface area contributed by atoms with Gasteiger partial charge in [-0.15, -0.1) is 0 Å². The van der Waals surface area contributed by atoms with Crippen LogP contribution >= 0.6 is 0 Å². The average Bonchev–Trinajstić information content (AvgIpc) is 3.28. The van der Waals surface area contributed by atoms with Gasteiger partial charge in [0.15, 0.2) is 5.75 Å². The zero-order valence-electron chi connectivity index (χ0n) is 18.1. The number of hydrogen-bond acceptors (Lipinski definition) is 2. The molecule has 4 nitrogen and oxygen atoms in total. The third kappa shape index (κ3) is 3.60. The summed E-state index contributed by atoms with van der Waals surface area (Å²) in [5.41, 5.74) is 3.92. The minimum atomic E-state index is -0.311. The summed E-state index contributed by atoms with van der Waals surface area (Å²) in [5, 5.41) is 11.3. The second-order valence-corrected chi connectivity index (χ2v) is 8.83. The molecule has 0 amide bonds. The molecule has 0 spiro atoms. The zero-order chi connectivity index (χ0) is 22.4. The van der Waals surface area contributed by atoms with Gasteiger partial charge in [0.2, 0.25) is 0 Å². The summed E-state index contributed by atoms with van der Waals surface area (Å²) in [7, 11) is 0. The quantitative estimate of drug-likeness (QED) is 0.181. The van der Waals surface area contributed by atoms with Crippen LogP contribution in [0.3, 0.4) is 0 Å². The smallest absolute Gasteiger partial charge is 0.167 e. The van der Waals surface area contributed by atoms with E-state index in [0.717, 1.165) is 62.2 Å². The van der Waals surface area contributed by atoms with E-state index in [1.165, 1.54) is 24.3 Å². The molecule has 0 aliphatic rings. The van der Waals surface area contributed by atoms with E-state index >= 15 is 0 Å². The lowest BCUT2D eigenvalue weighted by Gasteiger charge is -2.10. The van der Waals surface area contributed by atoms with Crippen molar-refractivity contribution in [2.75, 3.05) is 6.61 Å². The molecular formula is C26H25F2N3O. The summed E-state index contributed by atoms with van der Waals surface area (Å²) in [6, 6.07) is 11.3. The lowest BCUT2D eigenvalue weighted by atomic mass is 10.0. The van der Waals surface area contributed by atoms with Gasteiger partial charge in [0.25, 0.3) is 0 Å². The Morgan fingerprint density at radius 3 is 1.97 bits per heavy atom. The van der Waals surface area contributed by atoms with E-state index in [2.05, 4.69) is 23.8 Å². The minimum Gasteiger partial charge on any atom is -0.489 e. The molecule has 0 saturated carbocycles. The molecule has 0 saturated heterocycles. The number of halogens is 2. The van der Waals surface area contributed by atoms with Crippen LogP contribution in [0.1, 0.15) is 33.1 Å². The Morgan fingerprint density at radius 1 is 0.875 bits per heavy atom. The first-order valence-electron chi connectivity index (χ1n) is 10.9. The van der Waals surface area contributed by atoms with Crippen LogP contribution in [0.25, 0.3) is 43.6 Å². The number of aromatic amines is 2. The van der Waals surface area contributed by atoms with Gasteiger partial charge in [0.05, 0.1) is 17.6 Å². The lowest BCUT2D eigenvalue weighted by molar-refractivity contribution is 0.319. The number of H-pyrrole nitrogens is 2. The van der Waals surface area contributed by atoms with Gasteiger partial charge in [0, 0.05) is 38.3 Å². The van der Waals surface area contributed by atoms with Crippen molar-refractivity contribution < 1.29 is 13.5 Å². The number of fused-ring (bicyclic) bond motifs is 6. The standard InChI is InChI=1S/C26H25F2N3O/c1-14(2)10-17(29)4-3-9-32-26-24-20(18-11-15(27)5-7-22(18)30-24)13-21-19-12-16(28)6-8-23(19)31-25(21)26/h5-8,11-14,29-31H,3-4,9-10H2,1-2H3. The summed E-state index contributed by atoms with van der Waals surface area (Å²) in [6.07, 6.45) is 2.21. The van der Waals surface area contributed by atoms with Crippen LogP contribution in [0, 0.1) is 23.0 Å². The second-order valence-electron chi connectivity index (χ2n) is 8.83. The van der Waals surface area contributed by atoms with Crippen molar-refractivity contribution in [2.24, 2.45) is 5.92 Å². The molecule has 0 unspecified atom stereocenters. The monoisotopic (exact) mass is 433 g/mol. The van der Waals surface area contributed by atoms with Crippen LogP contribution in [0.4, 0.5) is 8.78 Å². The van der Waals surface area contributed by atoms with Crippen LogP contribution in [-0.2, 0) is 0 Å². The molecule has 3 aromatic carbocycles. The van der Waals surface area contributed by atoms with Gasteiger partial charge in [-0.3, -0.25) is 0 Å². The number of aromatic nitrogens is 2. The summed E-state index contributed by atoms with van der Waals surface area (Å²) in [4.78, 5) is 6.74. The van der Waals surface area contributed by atoms with Gasteiger partial charge >= 0.3 is 0 Å². The minimum absolute atomic E-state index is 0.311. The van der Waals surface area contributed by atoms with E-state index < -0.39 is 0 Å². The Kier molecular flexibility index (Phi) is 5.08. The Bertz CT molecular complexity index is 1380. The Labute approximate surface area is 184 Å². The highest BCUT2D eigenvalue weighted by Crippen LogP contribution is 2.41. The van der Waals surface area contributed by atoms with E-state index in [1.807, 2.05) is 6.07 Å². The molecule has 0 bridgehead atoms. The molecule has 32 heavy (non-hydrogen) atoms. The summed E-state index contributed by atoms with van der Waals surface area (Å²) in [6.45, 7) is 4.67. The fourth-order valence-corrected chi connectivity index (χ4v) is 4.50. The van der Waals surface area contributed by atoms with Crippen molar-refractivity contribution in [2.45, 2.75) is 33.1 Å². The van der Waals surface area contributed by atoms with Crippen LogP contribution in [0.15, 0.2) is 42.5 Å². The van der Waals surface area contributed by atoms with Crippen LogP contribution in [0.2, 0.25) is 0 Å². The zero-order valence-corrected chi connectivity index (χ0v) is 18.1. The van der Waals surface area contributed by atoms with Gasteiger partial charge < -0.3 is 20.1 Å². The number of rotatable bonds is 7.